The van der Waals surface area contributed by atoms with E-state index in [1.807, 2.05) is 6.07 Å². The summed E-state index contributed by atoms with van der Waals surface area (Å²) >= 11 is 0. The summed E-state index contributed by atoms with van der Waals surface area (Å²) in [5, 5.41) is 21.8. The fourth-order valence-electron chi connectivity index (χ4n) is 4.16. The number of alkyl halides is 1. The van der Waals surface area contributed by atoms with Crippen molar-refractivity contribution >= 4 is 0 Å². The number of benzene rings is 1. The minimum Gasteiger partial charge on any atom is -0.507 e. The third-order valence-electron chi connectivity index (χ3n) is 5.63. The molecule has 8 nitrogen and oxygen atoms in total. The largest absolute Gasteiger partial charge is 0.507 e. The predicted molar refractivity (Wildman–Crippen MR) is 103 cm³/mol. The van der Waals surface area contributed by atoms with Crippen LogP contribution in [0, 0.1) is 0 Å². The van der Waals surface area contributed by atoms with Gasteiger partial charge in [-0.25, -0.2) is 14.4 Å². The lowest BCUT2D eigenvalue weighted by atomic mass is 9.84. The average Bonchev–Trinajstić information content (AvgIpc) is 3.28. The zero-order valence-corrected chi connectivity index (χ0v) is 15.6. The van der Waals surface area contributed by atoms with Crippen LogP contribution in [0.15, 0.2) is 43.1 Å². The quantitative estimate of drug-likeness (QED) is 0.699. The first-order chi connectivity index (χ1) is 14.2. The van der Waals surface area contributed by atoms with Crippen molar-refractivity contribution in [3.05, 3.63) is 43.1 Å². The van der Waals surface area contributed by atoms with Crippen molar-refractivity contribution in [2.45, 2.75) is 50.0 Å². The molecule has 2 saturated heterocycles. The summed E-state index contributed by atoms with van der Waals surface area (Å²) in [5.41, 5.74) is 1.68. The number of aromatic hydroxyl groups is 1. The predicted octanol–water partition coefficient (Wildman–Crippen LogP) is 2.43. The van der Waals surface area contributed by atoms with Gasteiger partial charge in [-0.05, 0) is 25.0 Å². The summed E-state index contributed by atoms with van der Waals surface area (Å²) in [6.45, 7) is 0. The molecule has 150 valence electrons. The highest BCUT2D eigenvalue weighted by Gasteiger charge is 2.41. The van der Waals surface area contributed by atoms with Crippen molar-refractivity contribution in [3.8, 4) is 28.7 Å². The fourth-order valence-corrected chi connectivity index (χ4v) is 4.16. The lowest BCUT2D eigenvalue weighted by Gasteiger charge is -2.42. The Morgan fingerprint density at radius 1 is 1.24 bits per heavy atom. The Labute approximate surface area is 166 Å². The summed E-state index contributed by atoms with van der Waals surface area (Å²) in [4.78, 5) is 8.18. The molecule has 0 spiro atoms. The van der Waals surface area contributed by atoms with Gasteiger partial charge in [-0.2, -0.15) is 0 Å². The maximum atomic E-state index is 14.7. The maximum absolute atomic E-state index is 14.7. The number of rotatable bonds is 4. The van der Waals surface area contributed by atoms with E-state index in [-0.39, 0.29) is 23.8 Å². The number of nitrogens with one attached hydrogen (secondary N) is 1. The van der Waals surface area contributed by atoms with E-state index in [2.05, 4.69) is 25.5 Å². The lowest BCUT2D eigenvalue weighted by Crippen LogP contribution is -2.59. The maximum Gasteiger partial charge on any atom is 0.336 e. The number of fused-ring (bicyclic) bond motifs is 2. The van der Waals surface area contributed by atoms with Crippen LogP contribution in [0.4, 0.5) is 4.39 Å². The zero-order chi connectivity index (χ0) is 19.8. The van der Waals surface area contributed by atoms with Crippen LogP contribution in [0.3, 0.4) is 0 Å². The lowest BCUT2D eigenvalue weighted by molar-refractivity contribution is 0.00387. The van der Waals surface area contributed by atoms with Gasteiger partial charge in [0.25, 0.3) is 0 Å². The molecule has 0 saturated carbocycles. The van der Waals surface area contributed by atoms with Crippen molar-refractivity contribution in [1.29, 1.82) is 0 Å². The second-order valence-corrected chi connectivity index (χ2v) is 7.53. The van der Waals surface area contributed by atoms with Crippen LogP contribution >= 0.6 is 0 Å². The van der Waals surface area contributed by atoms with Crippen LogP contribution in [-0.4, -0.2) is 54.2 Å². The van der Waals surface area contributed by atoms with Crippen LogP contribution in [-0.2, 0) is 0 Å². The van der Waals surface area contributed by atoms with E-state index in [0.717, 1.165) is 24.9 Å². The first-order valence-corrected chi connectivity index (χ1v) is 9.75. The number of hydrogen-bond acceptors (Lipinski definition) is 7. The van der Waals surface area contributed by atoms with Crippen molar-refractivity contribution in [2.75, 3.05) is 0 Å². The summed E-state index contributed by atoms with van der Waals surface area (Å²) < 4.78 is 22.2. The molecule has 2 unspecified atom stereocenters. The van der Waals surface area contributed by atoms with Crippen LogP contribution in [0.1, 0.15) is 25.7 Å². The molecule has 4 heterocycles. The first kappa shape index (κ1) is 18.0. The number of ether oxygens (including phenoxy) is 1. The molecule has 5 rings (SSSR count). The molecule has 2 aliphatic heterocycles. The molecular weight excluding hydrogens is 375 g/mol. The van der Waals surface area contributed by atoms with Gasteiger partial charge in [0.05, 0.1) is 18.2 Å². The van der Waals surface area contributed by atoms with E-state index in [0.29, 0.717) is 17.7 Å². The molecule has 2 bridgehead atoms. The zero-order valence-electron chi connectivity index (χ0n) is 15.6. The highest BCUT2D eigenvalue weighted by Crippen LogP contribution is 2.31. The molecule has 0 radical (unpaired) electrons. The van der Waals surface area contributed by atoms with Crippen LogP contribution in [0.25, 0.3) is 16.9 Å². The molecule has 2 fully saturated rings. The van der Waals surface area contributed by atoms with Crippen molar-refractivity contribution in [3.63, 3.8) is 0 Å². The highest BCUT2D eigenvalue weighted by molar-refractivity contribution is 5.67. The van der Waals surface area contributed by atoms with Gasteiger partial charge in [0.2, 0.25) is 0 Å². The van der Waals surface area contributed by atoms with Crippen molar-refractivity contribution < 1.29 is 14.2 Å². The Morgan fingerprint density at radius 3 is 2.93 bits per heavy atom. The van der Waals surface area contributed by atoms with E-state index < -0.39 is 12.3 Å². The summed E-state index contributed by atoms with van der Waals surface area (Å²) in [7, 11) is 0. The fraction of sp³-hybridized carbons (Fsp3) is 0.400. The van der Waals surface area contributed by atoms with Crippen LogP contribution in [0.2, 0.25) is 0 Å². The summed E-state index contributed by atoms with van der Waals surface area (Å²) in [6.07, 6.45) is 8.42. The van der Waals surface area contributed by atoms with Gasteiger partial charge in [-0.15, -0.1) is 5.10 Å². The molecule has 0 aliphatic carbocycles. The normalized spacial score (nSPS) is 26.2. The molecule has 1 aromatic carbocycles. The summed E-state index contributed by atoms with van der Waals surface area (Å²) in [6, 6.07) is 5.36. The minimum atomic E-state index is -1.09. The Balaban J connectivity index is 1.31. The van der Waals surface area contributed by atoms with Gasteiger partial charge in [0.15, 0.2) is 6.17 Å². The monoisotopic (exact) mass is 396 g/mol. The second kappa shape index (κ2) is 7.40. The van der Waals surface area contributed by atoms with E-state index in [1.165, 1.54) is 6.20 Å². The molecule has 2 aliphatic rings. The molecule has 9 heteroatoms. The number of phenols is 1. The third-order valence-corrected chi connectivity index (χ3v) is 5.63. The van der Waals surface area contributed by atoms with Crippen molar-refractivity contribution in [2.24, 2.45) is 0 Å². The SMILES string of the molecule is Oc1cc(-n2ccnc2)ccc1-c1cnc(O[C@@H]2CC3CCCC(N3)[C@@H]2F)nn1. The van der Waals surface area contributed by atoms with Gasteiger partial charge in [0.1, 0.15) is 17.5 Å². The Hall–Kier alpha value is -3.07. The van der Waals surface area contributed by atoms with Crippen molar-refractivity contribution in [1.82, 2.24) is 30.0 Å². The number of phenolic OH excluding ortho intramolecular Hbond substituents is 1. The molecule has 29 heavy (non-hydrogen) atoms. The number of hydrogen-bond donors (Lipinski definition) is 2. The molecule has 2 N–H and O–H groups in total. The second-order valence-electron chi connectivity index (χ2n) is 7.53. The van der Waals surface area contributed by atoms with Gasteiger partial charge >= 0.3 is 6.01 Å². The Kier molecular flexibility index (Phi) is 4.59. The number of piperidine rings is 2. The standard InChI is InChI=1S/C20H21FN6O2/c21-19-15-3-1-2-12(24-15)8-18(19)29-20-23-10-16(25-26-20)14-5-4-13(9-17(14)28)27-7-6-22-11-27/h4-7,9-12,15,18-19,24,28H,1-3,8H2/t12?,15?,18-,19+/m1/s1. The number of imidazole rings is 1. The average molecular weight is 396 g/mol. The molecular formula is C20H21FN6O2. The van der Waals surface area contributed by atoms with Gasteiger partial charge < -0.3 is 19.7 Å². The molecule has 0 amide bonds. The number of aromatic nitrogens is 5. The van der Waals surface area contributed by atoms with E-state index in [4.69, 9.17) is 4.74 Å². The van der Waals surface area contributed by atoms with Gasteiger partial charge in [-0.3, -0.25) is 0 Å². The van der Waals surface area contributed by atoms with E-state index >= 15 is 0 Å². The van der Waals surface area contributed by atoms with Crippen LogP contribution in [0.5, 0.6) is 11.8 Å². The summed E-state index contributed by atoms with van der Waals surface area (Å²) in [5.74, 6) is 0.0518. The third kappa shape index (κ3) is 3.53. The molecule has 2 aromatic heterocycles. The first-order valence-electron chi connectivity index (χ1n) is 9.75. The number of halogens is 1. The topological polar surface area (TPSA) is 98.0 Å². The highest BCUT2D eigenvalue weighted by atomic mass is 19.1. The molecule has 4 atom stereocenters. The minimum absolute atomic E-state index is 0.0518. The van der Waals surface area contributed by atoms with E-state index in [9.17, 15) is 9.50 Å². The molecule has 3 aromatic rings. The Bertz CT molecular complexity index is 981. The Morgan fingerprint density at radius 2 is 2.17 bits per heavy atom. The van der Waals surface area contributed by atoms with Gasteiger partial charge in [-0.1, -0.05) is 11.5 Å². The smallest absolute Gasteiger partial charge is 0.336 e. The van der Waals surface area contributed by atoms with E-state index in [1.54, 1.807) is 35.4 Å². The van der Waals surface area contributed by atoms with Gasteiger partial charge in [0, 0.05) is 42.5 Å². The van der Waals surface area contributed by atoms with Crippen LogP contribution < -0.4 is 10.1 Å². The number of nitrogens with zero attached hydrogens (tertiary/aromatic N) is 5.